The Bertz CT molecular complexity index is 203. The van der Waals surface area contributed by atoms with Gasteiger partial charge in [-0.2, -0.15) is 0 Å². The Kier molecular flexibility index (Phi) is 6.42. The Morgan fingerprint density at radius 3 is 2.62 bits per heavy atom. The van der Waals surface area contributed by atoms with Gasteiger partial charge in [0.25, 0.3) is 0 Å². The number of carbonyl (C=O) groups is 1. The predicted molar refractivity (Wildman–Crippen MR) is 64.4 cm³/mol. The summed E-state index contributed by atoms with van der Waals surface area (Å²) in [4.78, 5) is 13.9. The number of likely N-dealkylation sites (tertiary alicyclic amines) is 1. The maximum Gasteiger partial charge on any atom is 0.323 e. The Balaban J connectivity index is 2.14. The van der Waals surface area contributed by atoms with Crippen LogP contribution in [0.3, 0.4) is 0 Å². The molecule has 4 nitrogen and oxygen atoms in total. The SMILES string of the molecule is CCOC(=O)C(CC)NCCN1CCCC1. The highest BCUT2D eigenvalue weighted by atomic mass is 16.5. The number of carbonyl (C=O) groups excluding carboxylic acids is 1. The van der Waals surface area contributed by atoms with Crippen molar-refractivity contribution >= 4 is 5.97 Å². The van der Waals surface area contributed by atoms with Gasteiger partial charge in [-0.15, -0.1) is 0 Å². The minimum absolute atomic E-state index is 0.119. The molecule has 1 aliphatic heterocycles. The van der Waals surface area contributed by atoms with Gasteiger partial charge in [-0.3, -0.25) is 4.79 Å². The molecule has 0 aromatic heterocycles. The summed E-state index contributed by atoms with van der Waals surface area (Å²) in [5.41, 5.74) is 0. The van der Waals surface area contributed by atoms with Crippen LogP contribution in [0.2, 0.25) is 0 Å². The summed E-state index contributed by atoms with van der Waals surface area (Å²) in [6.07, 6.45) is 3.42. The van der Waals surface area contributed by atoms with Crippen molar-refractivity contribution < 1.29 is 9.53 Å². The molecule has 1 unspecified atom stereocenters. The summed E-state index contributed by atoms with van der Waals surface area (Å²) < 4.78 is 5.00. The van der Waals surface area contributed by atoms with Crippen LogP contribution >= 0.6 is 0 Å². The predicted octanol–water partition coefficient (Wildman–Crippen LogP) is 1.01. The molecule has 1 rings (SSSR count). The van der Waals surface area contributed by atoms with Gasteiger partial charge < -0.3 is 15.0 Å². The minimum Gasteiger partial charge on any atom is -0.465 e. The van der Waals surface area contributed by atoms with E-state index < -0.39 is 0 Å². The van der Waals surface area contributed by atoms with E-state index >= 15 is 0 Å². The van der Waals surface area contributed by atoms with Gasteiger partial charge in [0.15, 0.2) is 0 Å². The summed E-state index contributed by atoms with van der Waals surface area (Å²) in [6.45, 7) is 8.63. The summed E-state index contributed by atoms with van der Waals surface area (Å²) in [5, 5.41) is 3.26. The molecule has 1 fully saturated rings. The normalized spacial score (nSPS) is 18.6. The number of rotatable bonds is 7. The molecule has 0 aromatic carbocycles. The molecule has 94 valence electrons. The van der Waals surface area contributed by atoms with Crippen molar-refractivity contribution in [3.8, 4) is 0 Å². The standard InChI is InChI=1S/C12H24N2O2/c1-3-11(12(15)16-4-2)13-7-10-14-8-5-6-9-14/h11,13H,3-10H2,1-2H3. The van der Waals surface area contributed by atoms with Crippen molar-refractivity contribution in [1.29, 1.82) is 0 Å². The fraction of sp³-hybridized carbons (Fsp3) is 0.917. The van der Waals surface area contributed by atoms with Crippen LogP contribution in [0.5, 0.6) is 0 Å². The zero-order valence-corrected chi connectivity index (χ0v) is 10.5. The molecular weight excluding hydrogens is 204 g/mol. The largest absolute Gasteiger partial charge is 0.465 e. The monoisotopic (exact) mass is 228 g/mol. The van der Waals surface area contributed by atoms with Gasteiger partial charge in [0.1, 0.15) is 6.04 Å². The fourth-order valence-electron chi connectivity index (χ4n) is 2.04. The van der Waals surface area contributed by atoms with E-state index in [1.165, 1.54) is 25.9 Å². The number of nitrogens with one attached hydrogen (secondary N) is 1. The summed E-state index contributed by atoms with van der Waals surface area (Å²) in [5.74, 6) is -0.119. The molecule has 0 amide bonds. The van der Waals surface area contributed by atoms with Crippen LogP contribution < -0.4 is 5.32 Å². The number of hydrogen-bond acceptors (Lipinski definition) is 4. The number of esters is 1. The highest BCUT2D eigenvalue weighted by Gasteiger charge is 2.17. The van der Waals surface area contributed by atoms with Gasteiger partial charge in [0.2, 0.25) is 0 Å². The molecule has 1 aliphatic rings. The minimum atomic E-state index is -0.137. The fourth-order valence-corrected chi connectivity index (χ4v) is 2.04. The van der Waals surface area contributed by atoms with Gasteiger partial charge in [-0.1, -0.05) is 6.92 Å². The van der Waals surface area contributed by atoms with Crippen LogP contribution in [0, 0.1) is 0 Å². The molecular formula is C12H24N2O2. The van der Waals surface area contributed by atoms with E-state index in [2.05, 4.69) is 10.2 Å². The first-order valence-electron chi connectivity index (χ1n) is 6.40. The summed E-state index contributed by atoms with van der Waals surface area (Å²) >= 11 is 0. The van der Waals surface area contributed by atoms with Crippen molar-refractivity contribution in [3.63, 3.8) is 0 Å². The Morgan fingerprint density at radius 2 is 2.06 bits per heavy atom. The van der Waals surface area contributed by atoms with Crippen molar-refractivity contribution in [2.45, 2.75) is 39.2 Å². The smallest absolute Gasteiger partial charge is 0.323 e. The zero-order valence-electron chi connectivity index (χ0n) is 10.5. The second-order valence-electron chi connectivity index (χ2n) is 4.22. The summed E-state index contributed by atoms with van der Waals surface area (Å²) in [6, 6.07) is -0.137. The molecule has 0 spiro atoms. The maximum atomic E-state index is 11.5. The van der Waals surface area contributed by atoms with Crippen LogP contribution in [0.15, 0.2) is 0 Å². The average Bonchev–Trinajstić information content (AvgIpc) is 2.77. The molecule has 0 aromatic rings. The lowest BCUT2D eigenvalue weighted by Crippen LogP contribution is -2.41. The van der Waals surface area contributed by atoms with E-state index in [4.69, 9.17) is 4.74 Å². The molecule has 0 radical (unpaired) electrons. The topological polar surface area (TPSA) is 41.6 Å². The molecule has 0 aliphatic carbocycles. The quantitative estimate of drug-likeness (QED) is 0.660. The van der Waals surface area contributed by atoms with Crippen LogP contribution in [0.1, 0.15) is 33.1 Å². The van der Waals surface area contributed by atoms with Crippen molar-refractivity contribution in [1.82, 2.24) is 10.2 Å². The molecule has 0 bridgehead atoms. The Morgan fingerprint density at radius 1 is 1.38 bits per heavy atom. The molecule has 1 atom stereocenters. The van der Waals surface area contributed by atoms with Gasteiger partial charge in [-0.05, 0) is 39.3 Å². The maximum absolute atomic E-state index is 11.5. The van der Waals surface area contributed by atoms with E-state index in [-0.39, 0.29) is 12.0 Å². The third kappa shape index (κ3) is 4.49. The second kappa shape index (κ2) is 7.63. The van der Waals surface area contributed by atoms with E-state index in [0.717, 1.165) is 19.5 Å². The van der Waals surface area contributed by atoms with Gasteiger partial charge in [0.05, 0.1) is 6.61 Å². The molecule has 4 heteroatoms. The second-order valence-corrected chi connectivity index (χ2v) is 4.22. The van der Waals surface area contributed by atoms with Crippen molar-refractivity contribution in [2.24, 2.45) is 0 Å². The molecule has 0 saturated carbocycles. The number of nitrogens with zero attached hydrogens (tertiary/aromatic N) is 1. The van der Waals surface area contributed by atoms with Crippen molar-refractivity contribution in [2.75, 3.05) is 32.8 Å². The first-order chi connectivity index (χ1) is 7.77. The van der Waals surface area contributed by atoms with E-state index in [9.17, 15) is 4.79 Å². The zero-order chi connectivity index (χ0) is 11.8. The van der Waals surface area contributed by atoms with Gasteiger partial charge >= 0.3 is 5.97 Å². The van der Waals surface area contributed by atoms with E-state index in [0.29, 0.717) is 6.61 Å². The molecule has 1 saturated heterocycles. The van der Waals surface area contributed by atoms with Crippen LogP contribution in [-0.4, -0.2) is 49.7 Å². The number of hydrogen-bond donors (Lipinski definition) is 1. The highest BCUT2D eigenvalue weighted by molar-refractivity contribution is 5.75. The van der Waals surface area contributed by atoms with E-state index in [1.807, 2.05) is 13.8 Å². The first kappa shape index (κ1) is 13.5. The third-order valence-corrected chi connectivity index (χ3v) is 3.00. The van der Waals surface area contributed by atoms with E-state index in [1.54, 1.807) is 0 Å². The lowest BCUT2D eigenvalue weighted by Gasteiger charge is -2.18. The molecule has 16 heavy (non-hydrogen) atoms. The van der Waals surface area contributed by atoms with Crippen LogP contribution in [0.25, 0.3) is 0 Å². The van der Waals surface area contributed by atoms with Crippen molar-refractivity contribution in [3.05, 3.63) is 0 Å². The van der Waals surface area contributed by atoms with Gasteiger partial charge in [-0.25, -0.2) is 0 Å². The Hall–Kier alpha value is -0.610. The van der Waals surface area contributed by atoms with Crippen LogP contribution in [0.4, 0.5) is 0 Å². The Labute approximate surface area is 98.3 Å². The van der Waals surface area contributed by atoms with Gasteiger partial charge in [0, 0.05) is 13.1 Å². The first-order valence-corrected chi connectivity index (χ1v) is 6.40. The lowest BCUT2D eigenvalue weighted by atomic mass is 10.2. The average molecular weight is 228 g/mol. The summed E-state index contributed by atoms with van der Waals surface area (Å²) in [7, 11) is 0. The number of ether oxygens (including phenoxy) is 1. The van der Waals surface area contributed by atoms with Crippen LogP contribution in [-0.2, 0) is 9.53 Å². The lowest BCUT2D eigenvalue weighted by molar-refractivity contribution is -0.145. The highest BCUT2D eigenvalue weighted by Crippen LogP contribution is 2.05. The molecule has 1 N–H and O–H groups in total. The third-order valence-electron chi connectivity index (χ3n) is 3.00. The molecule has 1 heterocycles.